The maximum absolute atomic E-state index is 13.1. The van der Waals surface area contributed by atoms with Gasteiger partial charge in [-0.15, -0.1) is 0 Å². The van der Waals surface area contributed by atoms with Gasteiger partial charge in [0, 0.05) is 17.5 Å². The lowest BCUT2D eigenvalue weighted by atomic mass is 9.81. The molecule has 1 saturated carbocycles. The van der Waals surface area contributed by atoms with Crippen LogP contribution in [0.15, 0.2) is 12.1 Å². The molecule has 0 atom stereocenters. The molecule has 1 aromatic rings. The van der Waals surface area contributed by atoms with E-state index in [4.69, 9.17) is 5.73 Å². The lowest BCUT2D eigenvalue weighted by Gasteiger charge is -2.35. The Hall–Kier alpha value is -2.56. The van der Waals surface area contributed by atoms with Crippen LogP contribution in [0.25, 0.3) is 0 Å². The fourth-order valence-electron chi connectivity index (χ4n) is 3.25. The minimum absolute atomic E-state index is 0.0551. The van der Waals surface area contributed by atoms with Crippen LogP contribution in [0, 0.1) is 11.3 Å². The molecule has 2 amide bonds. The van der Waals surface area contributed by atoms with Gasteiger partial charge in [0.1, 0.15) is 6.07 Å². The summed E-state index contributed by atoms with van der Waals surface area (Å²) in [7, 11) is 0. The number of nitrogens with zero attached hydrogens (tertiary/aromatic N) is 2. The molecular weight excluding hydrogens is 311 g/mol. The van der Waals surface area contributed by atoms with Crippen molar-refractivity contribution in [3.63, 3.8) is 0 Å². The van der Waals surface area contributed by atoms with Crippen LogP contribution in [0.3, 0.4) is 0 Å². The van der Waals surface area contributed by atoms with Gasteiger partial charge in [-0.3, -0.25) is 9.59 Å². The first-order valence-electron chi connectivity index (χ1n) is 6.92. The molecule has 2 N–H and O–H groups in total. The van der Waals surface area contributed by atoms with Crippen molar-refractivity contribution in [2.45, 2.75) is 24.4 Å². The number of carbonyl (C=O) groups is 2. The average molecular weight is 323 g/mol. The Kier molecular flexibility index (Phi) is 3.15. The van der Waals surface area contributed by atoms with E-state index < -0.39 is 34.5 Å². The third kappa shape index (κ3) is 2.32. The summed E-state index contributed by atoms with van der Waals surface area (Å²) < 4.78 is 39.3. The summed E-state index contributed by atoms with van der Waals surface area (Å²) in [5.74, 6) is -1.26. The smallest absolute Gasteiger partial charge is 0.368 e. The van der Waals surface area contributed by atoms with E-state index in [1.54, 1.807) is 6.07 Å². The van der Waals surface area contributed by atoms with Gasteiger partial charge in [-0.1, -0.05) is 0 Å². The van der Waals surface area contributed by atoms with E-state index >= 15 is 0 Å². The fourth-order valence-corrected chi connectivity index (χ4v) is 3.25. The van der Waals surface area contributed by atoms with Crippen LogP contribution in [0.2, 0.25) is 0 Å². The minimum Gasteiger partial charge on any atom is -0.368 e. The summed E-state index contributed by atoms with van der Waals surface area (Å²) in [6, 6.07) is 3.46. The van der Waals surface area contributed by atoms with E-state index in [1.807, 2.05) is 0 Å². The molecule has 0 saturated heterocycles. The number of hydrogen-bond acceptors (Lipinski definition) is 3. The molecule has 5 nitrogen and oxygen atoms in total. The second-order valence-electron chi connectivity index (χ2n) is 5.93. The second-order valence-corrected chi connectivity index (χ2v) is 5.93. The highest BCUT2D eigenvalue weighted by Crippen LogP contribution is 2.54. The van der Waals surface area contributed by atoms with Gasteiger partial charge in [-0.05, 0) is 30.5 Å². The maximum atomic E-state index is 13.1. The Morgan fingerprint density at radius 2 is 2.04 bits per heavy atom. The van der Waals surface area contributed by atoms with Crippen molar-refractivity contribution < 1.29 is 22.8 Å². The molecular formula is C15H12F3N3O2. The van der Waals surface area contributed by atoms with Gasteiger partial charge in [-0.25, -0.2) is 0 Å². The molecule has 0 unspecified atom stereocenters. The van der Waals surface area contributed by atoms with Crippen LogP contribution in [0.5, 0.6) is 0 Å². The van der Waals surface area contributed by atoms with Crippen molar-refractivity contribution in [3.05, 3.63) is 34.4 Å². The first-order chi connectivity index (χ1) is 10.7. The zero-order valence-corrected chi connectivity index (χ0v) is 11.9. The van der Waals surface area contributed by atoms with Gasteiger partial charge in [0.25, 0.3) is 5.91 Å². The van der Waals surface area contributed by atoms with Crippen LogP contribution >= 0.6 is 0 Å². The highest BCUT2D eigenvalue weighted by atomic mass is 19.4. The monoisotopic (exact) mass is 323 g/mol. The van der Waals surface area contributed by atoms with Crippen molar-refractivity contribution in [2.75, 3.05) is 13.1 Å². The van der Waals surface area contributed by atoms with E-state index in [-0.39, 0.29) is 24.2 Å². The molecule has 3 rings (SSSR count). The Morgan fingerprint density at radius 3 is 2.52 bits per heavy atom. The molecule has 1 fully saturated rings. The van der Waals surface area contributed by atoms with E-state index in [1.165, 1.54) is 4.90 Å². The lowest BCUT2D eigenvalue weighted by molar-refractivity contribution is -0.137. The van der Waals surface area contributed by atoms with Crippen molar-refractivity contribution in [2.24, 2.45) is 5.73 Å². The van der Waals surface area contributed by atoms with Crippen LogP contribution in [0.1, 0.15) is 39.9 Å². The number of alkyl halides is 3. The number of primary amides is 1. The number of nitrogens with two attached hydrogens (primary N) is 1. The summed E-state index contributed by atoms with van der Waals surface area (Å²) in [4.78, 5) is 24.8. The molecule has 23 heavy (non-hydrogen) atoms. The number of halogens is 3. The first-order valence-corrected chi connectivity index (χ1v) is 6.92. The second kappa shape index (κ2) is 4.72. The van der Waals surface area contributed by atoms with Crippen molar-refractivity contribution in [3.8, 4) is 6.07 Å². The Labute approximate surface area is 129 Å². The molecule has 0 radical (unpaired) electrons. The van der Waals surface area contributed by atoms with Crippen molar-refractivity contribution in [1.82, 2.24) is 4.90 Å². The number of benzene rings is 1. The summed E-state index contributed by atoms with van der Waals surface area (Å²) in [5.41, 5.74) is 3.15. The molecule has 120 valence electrons. The number of fused-ring (bicyclic) bond motifs is 2. The highest BCUT2D eigenvalue weighted by Gasteiger charge is 2.54. The van der Waals surface area contributed by atoms with Gasteiger partial charge >= 0.3 is 6.18 Å². The lowest BCUT2D eigenvalue weighted by Crippen LogP contribution is -2.47. The quantitative estimate of drug-likeness (QED) is 0.896. The van der Waals surface area contributed by atoms with Gasteiger partial charge in [0.05, 0.1) is 17.7 Å². The number of carbonyl (C=O) groups excluding carboxylic acids is 2. The third-order valence-electron chi connectivity index (χ3n) is 4.36. The van der Waals surface area contributed by atoms with E-state index in [9.17, 15) is 28.0 Å². The Morgan fingerprint density at radius 1 is 1.39 bits per heavy atom. The van der Waals surface area contributed by atoms with Crippen LogP contribution < -0.4 is 5.73 Å². The molecule has 0 aromatic heterocycles. The first kappa shape index (κ1) is 15.3. The fraction of sp³-hybridized carbons (Fsp3) is 0.400. The predicted octanol–water partition coefficient (Wildman–Crippen LogP) is 1.55. The van der Waals surface area contributed by atoms with Gasteiger partial charge < -0.3 is 10.6 Å². The van der Waals surface area contributed by atoms with Crippen LogP contribution in [-0.2, 0) is 16.4 Å². The van der Waals surface area contributed by atoms with E-state index in [2.05, 4.69) is 0 Å². The van der Waals surface area contributed by atoms with Gasteiger partial charge in [0.15, 0.2) is 0 Å². The SMILES string of the molecule is N#Cc1c(C(F)(F)F)ccc2c1C1(CC1)CN(CC(N)=O)C2=O. The zero-order chi connectivity index (χ0) is 17.0. The predicted molar refractivity (Wildman–Crippen MR) is 72.2 cm³/mol. The third-order valence-corrected chi connectivity index (χ3v) is 4.36. The Balaban J connectivity index is 2.19. The molecule has 1 aromatic carbocycles. The molecule has 8 heteroatoms. The standard InChI is InChI=1S/C15H12F3N3O2/c16-15(17,18)10-2-1-8-12(9(10)5-19)14(3-4-14)7-21(13(8)23)6-11(20)22/h1-2H,3-4,6-7H2,(H2,20,22). The van der Waals surface area contributed by atoms with Gasteiger partial charge in [-0.2, -0.15) is 18.4 Å². The number of hydrogen-bond donors (Lipinski definition) is 1. The molecule has 1 heterocycles. The highest BCUT2D eigenvalue weighted by molar-refractivity contribution is 6.00. The van der Waals surface area contributed by atoms with E-state index in [0.29, 0.717) is 12.8 Å². The van der Waals surface area contributed by atoms with Crippen molar-refractivity contribution >= 4 is 11.8 Å². The molecule has 1 aliphatic carbocycles. The molecule has 0 bridgehead atoms. The average Bonchev–Trinajstić information content (AvgIpc) is 3.21. The normalized spacial score (nSPS) is 18.5. The molecule has 1 spiro atoms. The minimum atomic E-state index is -4.66. The maximum Gasteiger partial charge on any atom is 0.417 e. The van der Waals surface area contributed by atoms with E-state index in [0.717, 1.165) is 12.1 Å². The largest absolute Gasteiger partial charge is 0.417 e. The zero-order valence-electron chi connectivity index (χ0n) is 11.9. The Bertz CT molecular complexity index is 760. The van der Waals surface area contributed by atoms with Crippen LogP contribution in [-0.4, -0.2) is 29.8 Å². The van der Waals surface area contributed by atoms with Crippen LogP contribution in [0.4, 0.5) is 13.2 Å². The van der Waals surface area contributed by atoms with Crippen molar-refractivity contribution in [1.29, 1.82) is 5.26 Å². The molecule has 1 aliphatic heterocycles. The summed E-state index contributed by atoms with van der Waals surface area (Å²) >= 11 is 0. The number of amides is 2. The summed E-state index contributed by atoms with van der Waals surface area (Å²) in [6.07, 6.45) is -3.53. The summed E-state index contributed by atoms with van der Waals surface area (Å²) in [5, 5.41) is 9.25. The molecule has 2 aliphatic rings. The topological polar surface area (TPSA) is 87.2 Å². The summed E-state index contributed by atoms with van der Waals surface area (Å²) in [6.45, 7) is -0.180. The van der Waals surface area contributed by atoms with Gasteiger partial charge in [0.2, 0.25) is 5.91 Å². The number of rotatable bonds is 2. The number of nitriles is 1.